The second-order valence-corrected chi connectivity index (χ2v) is 10.5. The minimum atomic E-state index is -1.06. The van der Waals surface area contributed by atoms with Gasteiger partial charge in [0, 0.05) is 29.1 Å². The van der Waals surface area contributed by atoms with Gasteiger partial charge in [0.25, 0.3) is 11.5 Å². The summed E-state index contributed by atoms with van der Waals surface area (Å²) in [5.74, 6) is -1.39. The van der Waals surface area contributed by atoms with Crippen molar-refractivity contribution in [3.8, 4) is 5.75 Å². The van der Waals surface area contributed by atoms with Crippen molar-refractivity contribution >= 4 is 61.4 Å². The number of benzene rings is 3. The highest BCUT2D eigenvalue weighted by atomic mass is 35.5. The maximum Gasteiger partial charge on any atom is 0.301 e. The van der Waals surface area contributed by atoms with Gasteiger partial charge in [0.1, 0.15) is 17.6 Å². The number of nitro groups is 1. The first-order valence-corrected chi connectivity index (χ1v) is 12.8. The number of Topliss-reactive ketones (excluding diaryl/α,β-unsaturated/α-hetero) is 1. The van der Waals surface area contributed by atoms with Crippen LogP contribution < -0.4 is 9.64 Å². The van der Waals surface area contributed by atoms with Crippen molar-refractivity contribution in [2.75, 3.05) is 4.90 Å². The summed E-state index contributed by atoms with van der Waals surface area (Å²) in [7, 11) is 0. The molecule has 38 heavy (non-hydrogen) atoms. The molecule has 2 aliphatic rings. The van der Waals surface area contributed by atoms with E-state index in [0.29, 0.717) is 38.5 Å². The van der Waals surface area contributed by atoms with E-state index >= 15 is 0 Å². The molecule has 3 aromatic carbocycles. The SMILES string of the molecule is C[C@H]1Cc2cc(C(O)=C3C(=O)C(=O)N(c4nc5ccc(Cl)cc5s4)[C@H]3c3ccc([N+](=O)[O-])cc3)ccc2O1. The molecule has 0 saturated carbocycles. The number of rotatable bonds is 4. The smallest absolute Gasteiger partial charge is 0.301 e. The molecule has 2 aliphatic heterocycles. The van der Waals surface area contributed by atoms with Crippen LogP contribution in [0.15, 0.2) is 66.2 Å². The van der Waals surface area contributed by atoms with Gasteiger partial charge in [-0.05, 0) is 66.6 Å². The molecule has 0 bridgehead atoms. The maximum absolute atomic E-state index is 13.4. The highest BCUT2D eigenvalue weighted by Crippen LogP contribution is 2.45. The van der Waals surface area contributed by atoms with Gasteiger partial charge in [-0.15, -0.1) is 0 Å². The predicted octanol–water partition coefficient (Wildman–Crippen LogP) is 5.81. The highest BCUT2D eigenvalue weighted by molar-refractivity contribution is 7.22. The predicted molar refractivity (Wildman–Crippen MR) is 143 cm³/mol. The van der Waals surface area contributed by atoms with Gasteiger partial charge in [-0.1, -0.05) is 22.9 Å². The number of thiazole rings is 1. The number of ether oxygens (including phenoxy) is 1. The van der Waals surface area contributed by atoms with E-state index in [9.17, 15) is 24.8 Å². The number of hydrogen-bond donors (Lipinski definition) is 1. The number of non-ortho nitro benzene ring substituents is 1. The quantitative estimate of drug-likeness (QED) is 0.112. The number of hydrogen-bond acceptors (Lipinski definition) is 8. The van der Waals surface area contributed by atoms with E-state index in [-0.39, 0.29) is 28.3 Å². The number of ketones is 1. The first kappa shape index (κ1) is 24.1. The Hall–Kier alpha value is -4.28. The lowest BCUT2D eigenvalue weighted by atomic mass is 9.94. The lowest BCUT2D eigenvalue weighted by molar-refractivity contribution is -0.384. The van der Waals surface area contributed by atoms with Gasteiger partial charge in [0.2, 0.25) is 0 Å². The Morgan fingerprint density at radius 1 is 1.16 bits per heavy atom. The van der Waals surface area contributed by atoms with E-state index in [1.54, 1.807) is 36.4 Å². The van der Waals surface area contributed by atoms with Gasteiger partial charge in [-0.3, -0.25) is 24.6 Å². The summed E-state index contributed by atoms with van der Waals surface area (Å²) in [5, 5.41) is 23.4. The van der Waals surface area contributed by atoms with E-state index in [0.717, 1.165) is 5.56 Å². The van der Waals surface area contributed by atoms with Crippen LogP contribution in [0.25, 0.3) is 16.0 Å². The monoisotopic (exact) mass is 547 g/mol. The molecule has 2 atom stereocenters. The number of aliphatic hydroxyl groups excluding tert-OH is 1. The van der Waals surface area contributed by atoms with Crippen molar-refractivity contribution in [1.82, 2.24) is 4.98 Å². The molecule has 0 unspecified atom stereocenters. The molecule has 0 radical (unpaired) electrons. The zero-order valence-electron chi connectivity index (χ0n) is 19.8. The molecule has 9 nitrogen and oxygen atoms in total. The summed E-state index contributed by atoms with van der Waals surface area (Å²) >= 11 is 7.30. The molecule has 1 aromatic heterocycles. The molecule has 1 amide bonds. The van der Waals surface area contributed by atoms with Crippen molar-refractivity contribution in [2.45, 2.75) is 25.5 Å². The number of aromatic nitrogens is 1. The fourth-order valence-corrected chi connectivity index (χ4v) is 6.11. The molecule has 0 aliphatic carbocycles. The average molecular weight is 548 g/mol. The lowest BCUT2D eigenvalue weighted by Gasteiger charge is -2.23. The van der Waals surface area contributed by atoms with Gasteiger partial charge in [0.05, 0.1) is 26.8 Å². The third kappa shape index (κ3) is 3.89. The number of amides is 1. The summed E-state index contributed by atoms with van der Waals surface area (Å²) in [4.78, 5) is 43.3. The Bertz CT molecular complexity index is 1700. The van der Waals surface area contributed by atoms with E-state index in [4.69, 9.17) is 16.3 Å². The largest absolute Gasteiger partial charge is 0.507 e. The third-order valence-corrected chi connectivity index (χ3v) is 7.83. The number of anilines is 1. The van der Waals surface area contributed by atoms with Crippen LogP contribution in [-0.2, 0) is 16.0 Å². The molecular formula is C27H18ClN3O6S. The summed E-state index contributed by atoms with van der Waals surface area (Å²) in [6.45, 7) is 1.94. The molecule has 1 N–H and O–H groups in total. The second-order valence-electron chi connectivity index (χ2n) is 9.08. The van der Waals surface area contributed by atoms with Crippen LogP contribution in [-0.4, -0.2) is 32.8 Å². The van der Waals surface area contributed by atoms with Crippen LogP contribution in [0.2, 0.25) is 5.02 Å². The van der Waals surface area contributed by atoms with E-state index in [2.05, 4.69) is 4.98 Å². The van der Waals surface area contributed by atoms with Crippen molar-refractivity contribution in [3.63, 3.8) is 0 Å². The maximum atomic E-state index is 13.4. The number of halogens is 1. The van der Waals surface area contributed by atoms with Gasteiger partial charge in [0.15, 0.2) is 5.13 Å². The van der Waals surface area contributed by atoms with E-state index < -0.39 is 22.7 Å². The molecule has 3 heterocycles. The zero-order chi connectivity index (χ0) is 26.7. The average Bonchev–Trinajstić information content (AvgIpc) is 3.55. The minimum absolute atomic E-state index is 0.0133. The molecule has 190 valence electrons. The Labute approximate surface area is 224 Å². The van der Waals surface area contributed by atoms with Gasteiger partial charge >= 0.3 is 5.91 Å². The topological polar surface area (TPSA) is 123 Å². The summed E-state index contributed by atoms with van der Waals surface area (Å²) in [5.41, 5.74) is 1.97. The fourth-order valence-electron chi connectivity index (χ4n) is 4.84. The molecule has 1 fully saturated rings. The number of carbonyl (C=O) groups is 2. The number of nitro benzene ring substituents is 1. The lowest BCUT2D eigenvalue weighted by Crippen LogP contribution is -2.29. The van der Waals surface area contributed by atoms with Crippen LogP contribution in [0, 0.1) is 10.1 Å². The van der Waals surface area contributed by atoms with Crippen LogP contribution >= 0.6 is 22.9 Å². The molecule has 1 saturated heterocycles. The van der Waals surface area contributed by atoms with Gasteiger partial charge in [-0.2, -0.15) is 0 Å². The molecule has 0 spiro atoms. The molecule has 6 rings (SSSR count). The van der Waals surface area contributed by atoms with Crippen LogP contribution in [0.5, 0.6) is 5.75 Å². The second kappa shape index (κ2) is 8.93. The van der Waals surface area contributed by atoms with Crippen LogP contribution in [0.1, 0.15) is 29.7 Å². The summed E-state index contributed by atoms with van der Waals surface area (Å²) < 4.78 is 6.45. The minimum Gasteiger partial charge on any atom is -0.507 e. The van der Waals surface area contributed by atoms with Gasteiger partial charge < -0.3 is 9.84 Å². The van der Waals surface area contributed by atoms with Crippen molar-refractivity contribution in [1.29, 1.82) is 0 Å². The number of aliphatic hydroxyl groups is 1. The van der Waals surface area contributed by atoms with Gasteiger partial charge in [-0.25, -0.2) is 4.98 Å². The first-order chi connectivity index (χ1) is 18.2. The number of nitrogens with zero attached hydrogens (tertiary/aromatic N) is 3. The summed E-state index contributed by atoms with van der Waals surface area (Å²) in [6, 6.07) is 14.7. The van der Waals surface area contributed by atoms with Crippen molar-refractivity contribution in [2.24, 2.45) is 0 Å². The number of carbonyl (C=O) groups excluding carboxylic acids is 2. The Morgan fingerprint density at radius 3 is 2.66 bits per heavy atom. The third-order valence-electron chi connectivity index (χ3n) is 6.58. The normalized spacial score (nSPS) is 20.1. The standard InChI is InChI=1S/C27H18ClN3O6S/c1-13-10-16-11-15(4-9-20(16)37-13)24(32)22-23(14-2-6-18(7-3-14)31(35)36)30(26(34)25(22)33)27-29-19-8-5-17(28)12-21(19)38-27/h2-9,11-13,23,32H,10H2,1H3/t13-,23-/m0/s1. The molecular weight excluding hydrogens is 530 g/mol. The molecule has 4 aromatic rings. The summed E-state index contributed by atoms with van der Waals surface area (Å²) in [6.07, 6.45) is 0.630. The zero-order valence-corrected chi connectivity index (χ0v) is 21.3. The molecule has 11 heteroatoms. The fraction of sp³-hybridized carbons (Fsp3) is 0.148. The van der Waals surface area contributed by atoms with E-state index in [1.165, 1.54) is 40.5 Å². The van der Waals surface area contributed by atoms with Crippen molar-refractivity contribution < 1.29 is 24.4 Å². The Kier molecular flexibility index (Phi) is 5.66. The Balaban J connectivity index is 1.53. The van der Waals surface area contributed by atoms with Crippen LogP contribution in [0.4, 0.5) is 10.8 Å². The highest BCUT2D eigenvalue weighted by Gasteiger charge is 2.48. The van der Waals surface area contributed by atoms with Crippen LogP contribution in [0.3, 0.4) is 0 Å². The van der Waals surface area contributed by atoms with E-state index in [1.807, 2.05) is 6.92 Å². The van der Waals surface area contributed by atoms with Crippen molar-refractivity contribution in [3.05, 3.63) is 98.1 Å². The number of fused-ring (bicyclic) bond motifs is 2. The Morgan fingerprint density at radius 2 is 1.92 bits per heavy atom. The first-order valence-electron chi connectivity index (χ1n) is 11.6.